The number of pyridine rings is 1. The van der Waals surface area contributed by atoms with Crippen molar-refractivity contribution in [3.8, 4) is 5.75 Å². The van der Waals surface area contributed by atoms with Gasteiger partial charge in [0, 0.05) is 25.3 Å². The van der Waals surface area contributed by atoms with Crippen molar-refractivity contribution in [1.29, 1.82) is 0 Å². The van der Waals surface area contributed by atoms with Crippen molar-refractivity contribution in [3.05, 3.63) is 24.0 Å². The predicted octanol–water partition coefficient (Wildman–Crippen LogP) is 2.23. The summed E-state index contributed by atoms with van der Waals surface area (Å²) in [5, 5.41) is 0. The molecule has 1 rings (SSSR count). The van der Waals surface area contributed by atoms with E-state index < -0.39 is 5.92 Å². The van der Waals surface area contributed by atoms with Crippen LogP contribution in [0.2, 0.25) is 0 Å². The molecule has 0 aliphatic carbocycles. The molecule has 0 aromatic carbocycles. The van der Waals surface area contributed by atoms with Crippen LogP contribution in [0.25, 0.3) is 0 Å². The Labute approximate surface area is 147 Å². The van der Waals surface area contributed by atoms with E-state index in [1.165, 1.54) is 26.6 Å². The third-order valence-corrected chi connectivity index (χ3v) is 3.65. The lowest BCUT2D eigenvalue weighted by Gasteiger charge is -2.14. The summed E-state index contributed by atoms with van der Waals surface area (Å²) in [7, 11) is 2.89. The molecule has 0 aliphatic rings. The number of Topliss-reactive ketones (excluding diaryl/α,β-unsaturated/α-hetero) is 2. The molecule has 7 nitrogen and oxygen atoms in total. The molecule has 1 atom stereocenters. The van der Waals surface area contributed by atoms with E-state index in [0.717, 1.165) is 0 Å². The summed E-state index contributed by atoms with van der Waals surface area (Å²) >= 11 is 0. The zero-order valence-corrected chi connectivity index (χ0v) is 14.9. The van der Waals surface area contributed by atoms with Crippen molar-refractivity contribution < 1.29 is 28.6 Å². The Bertz CT molecular complexity index is 587. The van der Waals surface area contributed by atoms with Gasteiger partial charge < -0.3 is 14.2 Å². The number of methoxy groups -OCH3 is 2. The Morgan fingerprint density at radius 3 is 2.56 bits per heavy atom. The molecule has 0 bridgehead atoms. The highest BCUT2D eigenvalue weighted by atomic mass is 16.5. The molecule has 0 amide bonds. The number of ether oxygens (including phenoxy) is 3. The van der Waals surface area contributed by atoms with Crippen LogP contribution in [0.4, 0.5) is 0 Å². The second-order valence-electron chi connectivity index (χ2n) is 5.48. The zero-order chi connectivity index (χ0) is 18.7. The molecule has 0 N–H and O–H groups in total. The summed E-state index contributed by atoms with van der Waals surface area (Å²) in [5.41, 5.74) is 0.319. The third kappa shape index (κ3) is 7.01. The largest absolute Gasteiger partial charge is 0.495 e. The first-order valence-corrected chi connectivity index (χ1v) is 8.24. The average Bonchev–Trinajstić information content (AvgIpc) is 2.61. The topological polar surface area (TPSA) is 91.8 Å². The van der Waals surface area contributed by atoms with Crippen LogP contribution in [0.3, 0.4) is 0 Å². The molecule has 0 fully saturated rings. The van der Waals surface area contributed by atoms with E-state index in [2.05, 4.69) is 4.98 Å². The van der Waals surface area contributed by atoms with Gasteiger partial charge in [0.25, 0.3) is 0 Å². The molecular weight excluding hydrogens is 326 g/mol. The number of hydrogen-bond acceptors (Lipinski definition) is 7. The molecule has 7 heteroatoms. The molecule has 0 aliphatic heterocycles. The highest BCUT2D eigenvalue weighted by Gasteiger charge is 2.27. The SMILES string of the molecule is CCOC(=O)CCCCC(C(=O)COC)C(=O)c1cncc(OC)c1. The molecular formula is C18H25NO6. The van der Waals surface area contributed by atoms with E-state index >= 15 is 0 Å². The number of ketones is 2. The molecule has 1 unspecified atom stereocenters. The maximum atomic E-state index is 12.7. The van der Waals surface area contributed by atoms with E-state index in [4.69, 9.17) is 14.2 Å². The van der Waals surface area contributed by atoms with Crippen LogP contribution >= 0.6 is 0 Å². The summed E-state index contributed by atoms with van der Waals surface area (Å²) in [6.45, 7) is 1.96. The van der Waals surface area contributed by atoms with Crippen molar-refractivity contribution in [3.63, 3.8) is 0 Å². The molecule has 1 aromatic heterocycles. The van der Waals surface area contributed by atoms with Gasteiger partial charge in [-0.1, -0.05) is 6.42 Å². The smallest absolute Gasteiger partial charge is 0.305 e. The van der Waals surface area contributed by atoms with Gasteiger partial charge in [0.05, 0.1) is 25.8 Å². The minimum absolute atomic E-state index is 0.133. The number of hydrogen-bond donors (Lipinski definition) is 0. The third-order valence-electron chi connectivity index (χ3n) is 3.65. The number of esters is 1. The summed E-state index contributed by atoms with van der Waals surface area (Å²) in [6, 6.07) is 1.56. The van der Waals surface area contributed by atoms with Crippen LogP contribution in [0.15, 0.2) is 18.5 Å². The molecule has 25 heavy (non-hydrogen) atoms. The molecule has 1 heterocycles. The van der Waals surface area contributed by atoms with Crippen molar-refractivity contribution in [2.45, 2.75) is 32.6 Å². The summed E-state index contributed by atoms with van der Waals surface area (Å²) in [5.74, 6) is -1.25. The van der Waals surface area contributed by atoms with Crippen molar-refractivity contribution in [2.24, 2.45) is 5.92 Å². The van der Waals surface area contributed by atoms with E-state index in [9.17, 15) is 14.4 Å². The van der Waals surface area contributed by atoms with Crippen LogP contribution in [0, 0.1) is 5.92 Å². The minimum atomic E-state index is -0.823. The van der Waals surface area contributed by atoms with E-state index in [0.29, 0.717) is 37.2 Å². The predicted molar refractivity (Wildman–Crippen MR) is 90.6 cm³/mol. The van der Waals surface area contributed by atoms with Crippen LogP contribution in [0.5, 0.6) is 5.75 Å². The monoisotopic (exact) mass is 351 g/mol. The Hall–Kier alpha value is -2.28. The first-order valence-electron chi connectivity index (χ1n) is 8.24. The first kappa shape index (κ1) is 20.8. The lowest BCUT2D eigenvalue weighted by atomic mass is 9.89. The average molecular weight is 351 g/mol. The highest BCUT2D eigenvalue weighted by Crippen LogP contribution is 2.20. The molecule has 0 radical (unpaired) electrons. The molecule has 1 aromatic rings. The Morgan fingerprint density at radius 1 is 1.16 bits per heavy atom. The summed E-state index contributed by atoms with van der Waals surface area (Å²) in [4.78, 5) is 40.3. The summed E-state index contributed by atoms with van der Waals surface area (Å²) < 4.78 is 14.8. The van der Waals surface area contributed by atoms with E-state index in [1.54, 1.807) is 13.0 Å². The number of aromatic nitrogens is 1. The quantitative estimate of drug-likeness (QED) is 0.247. The van der Waals surface area contributed by atoms with E-state index in [-0.39, 0.29) is 30.6 Å². The van der Waals surface area contributed by atoms with Gasteiger partial charge in [-0.2, -0.15) is 0 Å². The van der Waals surface area contributed by atoms with Gasteiger partial charge in [0.2, 0.25) is 0 Å². The normalized spacial score (nSPS) is 11.6. The molecule has 138 valence electrons. The first-order chi connectivity index (χ1) is 12.0. The Kier molecular flexibility index (Phi) is 9.39. The maximum Gasteiger partial charge on any atom is 0.305 e. The van der Waals surface area contributed by atoms with Gasteiger partial charge in [0.15, 0.2) is 11.6 Å². The number of rotatable bonds is 12. The second-order valence-corrected chi connectivity index (χ2v) is 5.48. The number of nitrogens with zero attached hydrogens (tertiary/aromatic N) is 1. The summed E-state index contributed by atoms with van der Waals surface area (Å²) in [6.07, 6.45) is 4.63. The van der Waals surface area contributed by atoms with Gasteiger partial charge in [-0.05, 0) is 25.8 Å². The molecule has 0 saturated heterocycles. The fraction of sp³-hybridized carbons (Fsp3) is 0.556. The number of carbonyl (C=O) groups is 3. The van der Waals surface area contributed by atoms with Crippen LogP contribution in [-0.4, -0.2) is 50.0 Å². The van der Waals surface area contributed by atoms with Crippen LogP contribution in [0.1, 0.15) is 43.0 Å². The zero-order valence-electron chi connectivity index (χ0n) is 14.9. The van der Waals surface area contributed by atoms with Crippen molar-refractivity contribution >= 4 is 17.5 Å². The Morgan fingerprint density at radius 2 is 1.92 bits per heavy atom. The second kappa shape index (κ2) is 11.3. The van der Waals surface area contributed by atoms with Gasteiger partial charge in [-0.25, -0.2) is 0 Å². The van der Waals surface area contributed by atoms with Gasteiger partial charge in [0.1, 0.15) is 12.4 Å². The number of carbonyl (C=O) groups excluding carboxylic acids is 3. The fourth-order valence-electron chi connectivity index (χ4n) is 2.40. The van der Waals surface area contributed by atoms with Gasteiger partial charge >= 0.3 is 5.97 Å². The highest BCUT2D eigenvalue weighted by molar-refractivity contribution is 6.11. The standard InChI is InChI=1S/C18H25NO6/c1-4-25-17(21)8-6-5-7-15(16(20)12-23-2)18(22)13-9-14(24-3)11-19-10-13/h9-11,15H,4-8,12H2,1-3H3. The minimum Gasteiger partial charge on any atom is -0.495 e. The van der Waals surface area contributed by atoms with E-state index in [1.807, 2.05) is 0 Å². The van der Waals surface area contributed by atoms with Crippen LogP contribution in [-0.2, 0) is 19.1 Å². The molecule has 0 spiro atoms. The van der Waals surface area contributed by atoms with Crippen molar-refractivity contribution in [1.82, 2.24) is 4.98 Å². The Balaban J connectivity index is 2.73. The fourth-order valence-corrected chi connectivity index (χ4v) is 2.40. The maximum absolute atomic E-state index is 12.7. The lowest BCUT2D eigenvalue weighted by molar-refractivity contribution is -0.143. The van der Waals surface area contributed by atoms with Crippen LogP contribution < -0.4 is 4.74 Å². The van der Waals surface area contributed by atoms with Gasteiger partial charge in [-0.15, -0.1) is 0 Å². The number of unbranched alkanes of at least 4 members (excludes halogenated alkanes) is 1. The molecule has 0 saturated carbocycles. The van der Waals surface area contributed by atoms with Crippen molar-refractivity contribution in [2.75, 3.05) is 27.4 Å². The van der Waals surface area contributed by atoms with Gasteiger partial charge in [-0.3, -0.25) is 19.4 Å². The lowest BCUT2D eigenvalue weighted by Crippen LogP contribution is -2.27.